The number of carbonyl (C=O) groups excluding carboxylic acids is 2. The fraction of sp³-hybridized carbons (Fsp3) is 0.417. The molecule has 136 valence electrons. The van der Waals surface area contributed by atoms with Crippen molar-refractivity contribution in [2.24, 2.45) is 35.5 Å². The molecule has 1 saturated heterocycles. The van der Waals surface area contributed by atoms with Gasteiger partial charge in [0.15, 0.2) is 0 Å². The number of amides is 2. The maximum absolute atomic E-state index is 13.2. The van der Waals surface area contributed by atoms with Crippen LogP contribution < -0.4 is 4.90 Å². The Balaban J connectivity index is 1.31. The molecule has 3 saturated carbocycles. The van der Waals surface area contributed by atoms with Crippen LogP contribution in [0.4, 0.5) is 5.69 Å². The summed E-state index contributed by atoms with van der Waals surface area (Å²) >= 11 is 0. The standard InChI is InChI=1S/C24H23NO2/c1-12-3-7-14(8-4-12)18-19-16-11-17(20(18)19)22-21(16)23(26)25(24(22)27)15-9-5-13(2)6-10-15/h3-10,16-22H,11H2,1-2H3/t16-,17+,18?,19-,20+,21+,22-. The number of imide groups is 1. The second-order valence-corrected chi connectivity index (χ2v) is 9.05. The zero-order valence-corrected chi connectivity index (χ0v) is 15.6. The van der Waals surface area contributed by atoms with Gasteiger partial charge >= 0.3 is 0 Å². The minimum atomic E-state index is -0.0829. The molecule has 1 aliphatic heterocycles. The number of rotatable bonds is 2. The molecule has 0 aromatic heterocycles. The maximum atomic E-state index is 13.2. The normalized spacial score (nSPS) is 38.3. The Morgan fingerprint density at radius 3 is 1.70 bits per heavy atom. The van der Waals surface area contributed by atoms with Gasteiger partial charge in [-0.15, -0.1) is 0 Å². The van der Waals surface area contributed by atoms with Crippen molar-refractivity contribution in [1.29, 1.82) is 0 Å². The fourth-order valence-corrected chi connectivity index (χ4v) is 6.66. The molecule has 3 aliphatic carbocycles. The van der Waals surface area contributed by atoms with Crippen molar-refractivity contribution in [1.82, 2.24) is 0 Å². The number of hydrogen-bond acceptors (Lipinski definition) is 2. The highest BCUT2D eigenvalue weighted by molar-refractivity contribution is 6.22. The van der Waals surface area contributed by atoms with E-state index in [1.54, 1.807) is 0 Å². The van der Waals surface area contributed by atoms with Crippen LogP contribution in [0.3, 0.4) is 0 Å². The first-order chi connectivity index (χ1) is 13.1. The van der Waals surface area contributed by atoms with E-state index in [2.05, 4.69) is 31.2 Å². The number of benzene rings is 2. The van der Waals surface area contributed by atoms with Gasteiger partial charge in [0.05, 0.1) is 17.5 Å². The van der Waals surface area contributed by atoms with Crippen molar-refractivity contribution < 1.29 is 9.59 Å². The van der Waals surface area contributed by atoms with Crippen molar-refractivity contribution in [3.63, 3.8) is 0 Å². The molecule has 4 fully saturated rings. The molecule has 3 nitrogen and oxygen atoms in total. The number of fused-ring (bicyclic) bond motifs is 8. The van der Waals surface area contributed by atoms with Crippen molar-refractivity contribution in [2.45, 2.75) is 26.2 Å². The molecular weight excluding hydrogens is 334 g/mol. The predicted octanol–water partition coefficient (Wildman–Crippen LogP) is 4.09. The number of anilines is 1. The summed E-state index contributed by atoms with van der Waals surface area (Å²) in [6.45, 7) is 4.13. The lowest BCUT2D eigenvalue weighted by molar-refractivity contribution is -0.123. The van der Waals surface area contributed by atoms with Gasteiger partial charge in [0.25, 0.3) is 0 Å². The van der Waals surface area contributed by atoms with E-state index in [9.17, 15) is 9.59 Å². The Bertz CT molecular complexity index is 927. The molecule has 7 atom stereocenters. The summed E-state index contributed by atoms with van der Waals surface area (Å²) in [5, 5.41) is 0. The number of hydrogen-bond donors (Lipinski definition) is 0. The van der Waals surface area contributed by atoms with Crippen LogP contribution in [0, 0.1) is 49.4 Å². The van der Waals surface area contributed by atoms with E-state index < -0.39 is 0 Å². The number of carbonyl (C=O) groups is 2. The molecule has 1 unspecified atom stereocenters. The molecule has 2 bridgehead atoms. The molecular formula is C24H23NO2. The summed E-state index contributed by atoms with van der Waals surface area (Å²) in [5.74, 6) is 2.49. The first kappa shape index (κ1) is 15.6. The summed E-state index contributed by atoms with van der Waals surface area (Å²) < 4.78 is 0. The zero-order chi connectivity index (χ0) is 18.4. The highest BCUT2D eigenvalue weighted by Crippen LogP contribution is 2.77. The minimum Gasteiger partial charge on any atom is -0.274 e. The molecule has 6 rings (SSSR count). The topological polar surface area (TPSA) is 37.4 Å². The van der Waals surface area contributed by atoms with Crippen molar-refractivity contribution in [3.05, 3.63) is 65.2 Å². The zero-order valence-electron chi connectivity index (χ0n) is 15.6. The molecule has 3 heteroatoms. The Kier molecular flexibility index (Phi) is 2.95. The smallest absolute Gasteiger partial charge is 0.237 e. The lowest BCUT2D eigenvalue weighted by Crippen LogP contribution is -2.33. The third-order valence-electron chi connectivity index (χ3n) is 7.74. The predicted molar refractivity (Wildman–Crippen MR) is 103 cm³/mol. The van der Waals surface area contributed by atoms with E-state index in [0.717, 1.165) is 17.7 Å². The lowest BCUT2D eigenvalue weighted by atomic mass is 9.81. The van der Waals surface area contributed by atoms with Crippen molar-refractivity contribution in [2.75, 3.05) is 4.90 Å². The van der Waals surface area contributed by atoms with E-state index in [1.165, 1.54) is 16.0 Å². The van der Waals surface area contributed by atoms with E-state index >= 15 is 0 Å². The second-order valence-electron chi connectivity index (χ2n) is 9.05. The molecule has 0 N–H and O–H groups in total. The van der Waals surface area contributed by atoms with Crippen LogP contribution >= 0.6 is 0 Å². The van der Waals surface area contributed by atoms with Gasteiger partial charge in [-0.2, -0.15) is 0 Å². The molecule has 2 amide bonds. The summed E-state index contributed by atoms with van der Waals surface area (Å²) in [7, 11) is 0. The van der Waals surface area contributed by atoms with Gasteiger partial charge in [0.2, 0.25) is 11.8 Å². The second kappa shape index (κ2) is 5.09. The highest BCUT2D eigenvalue weighted by Gasteiger charge is 2.76. The number of aryl methyl sites for hydroxylation is 2. The minimum absolute atomic E-state index is 0.0503. The van der Waals surface area contributed by atoms with Crippen LogP contribution in [0.2, 0.25) is 0 Å². The van der Waals surface area contributed by atoms with Crippen molar-refractivity contribution in [3.8, 4) is 0 Å². The van der Waals surface area contributed by atoms with E-state index in [1.807, 2.05) is 31.2 Å². The van der Waals surface area contributed by atoms with Gasteiger partial charge < -0.3 is 0 Å². The van der Waals surface area contributed by atoms with Gasteiger partial charge in [-0.05, 0) is 67.6 Å². The highest BCUT2D eigenvalue weighted by atomic mass is 16.2. The molecule has 27 heavy (non-hydrogen) atoms. The summed E-state index contributed by atoms with van der Waals surface area (Å²) in [4.78, 5) is 27.9. The molecule has 2 aromatic rings. The SMILES string of the molecule is Cc1ccc(C2[C@@H]3[C@@H]4C[C@@H]([C@@H]5C(=O)N(c6ccc(C)cc6)C(=O)[C@H]45)[C@H]23)cc1. The van der Waals surface area contributed by atoms with Gasteiger partial charge in [-0.3, -0.25) is 14.5 Å². The Labute approximate surface area is 159 Å². The average molecular weight is 357 g/mol. The molecule has 0 spiro atoms. The Hall–Kier alpha value is -2.42. The summed E-state index contributed by atoms with van der Waals surface area (Å²) in [6, 6.07) is 16.6. The quantitative estimate of drug-likeness (QED) is 0.759. The van der Waals surface area contributed by atoms with Crippen LogP contribution in [0.5, 0.6) is 0 Å². The van der Waals surface area contributed by atoms with Gasteiger partial charge in [0, 0.05) is 0 Å². The van der Waals surface area contributed by atoms with Gasteiger partial charge in [-0.1, -0.05) is 47.5 Å². The first-order valence-corrected chi connectivity index (χ1v) is 10.1. The van der Waals surface area contributed by atoms with Crippen LogP contribution in [0.1, 0.15) is 29.0 Å². The van der Waals surface area contributed by atoms with Crippen molar-refractivity contribution >= 4 is 17.5 Å². The monoisotopic (exact) mass is 357 g/mol. The van der Waals surface area contributed by atoms with Gasteiger partial charge in [-0.25, -0.2) is 0 Å². The maximum Gasteiger partial charge on any atom is 0.237 e. The fourth-order valence-electron chi connectivity index (χ4n) is 6.66. The van der Waals surface area contributed by atoms with E-state index in [0.29, 0.717) is 29.6 Å². The van der Waals surface area contributed by atoms with Crippen LogP contribution in [0.25, 0.3) is 0 Å². The van der Waals surface area contributed by atoms with Crippen LogP contribution in [-0.2, 0) is 9.59 Å². The number of nitrogens with zero attached hydrogens (tertiary/aromatic N) is 1. The first-order valence-electron chi connectivity index (χ1n) is 10.1. The van der Waals surface area contributed by atoms with Crippen LogP contribution in [-0.4, -0.2) is 11.8 Å². The van der Waals surface area contributed by atoms with E-state index in [-0.39, 0.29) is 23.7 Å². The molecule has 0 radical (unpaired) electrons. The Morgan fingerprint density at radius 1 is 0.704 bits per heavy atom. The Morgan fingerprint density at radius 2 is 1.19 bits per heavy atom. The average Bonchev–Trinajstić information content (AvgIpc) is 2.99. The van der Waals surface area contributed by atoms with Gasteiger partial charge in [0.1, 0.15) is 0 Å². The molecule has 1 heterocycles. The largest absolute Gasteiger partial charge is 0.274 e. The third kappa shape index (κ3) is 1.92. The lowest BCUT2D eigenvalue weighted by Gasteiger charge is -2.19. The van der Waals surface area contributed by atoms with E-state index in [4.69, 9.17) is 0 Å². The molecule has 2 aromatic carbocycles. The molecule has 4 aliphatic rings. The summed E-state index contributed by atoms with van der Waals surface area (Å²) in [5.41, 5.74) is 4.57. The van der Waals surface area contributed by atoms with Crippen LogP contribution in [0.15, 0.2) is 48.5 Å². The third-order valence-corrected chi connectivity index (χ3v) is 7.74. The summed E-state index contributed by atoms with van der Waals surface area (Å²) in [6.07, 6.45) is 1.08.